The molecule has 84 valence electrons. The van der Waals surface area contributed by atoms with E-state index in [4.69, 9.17) is 11.6 Å². The lowest BCUT2D eigenvalue weighted by Crippen LogP contribution is -2.17. The van der Waals surface area contributed by atoms with E-state index < -0.39 is 0 Å². The average Bonchev–Trinajstić information content (AvgIpc) is 2.67. The summed E-state index contributed by atoms with van der Waals surface area (Å²) in [5, 5.41) is 6.24. The minimum Gasteiger partial charge on any atom is -0.309 e. The molecule has 1 unspecified atom stereocenters. The van der Waals surface area contributed by atoms with Crippen molar-refractivity contribution in [3.05, 3.63) is 56.7 Å². The van der Waals surface area contributed by atoms with E-state index in [9.17, 15) is 0 Å². The predicted octanol–water partition coefficient (Wildman–Crippen LogP) is 4.02. The molecule has 0 bridgehead atoms. The molecule has 0 aliphatic carbocycles. The van der Waals surface area contributed by atoms with Crippen LogP contribution in [-0.2, 0) is 0 Å². The topological polar surface area (TPSA) is 12.0 Å². The van der Waals surface area contributed by atoms with E-state index in [2.05, 4.69) is 29.8 Å². The molecule has 0 fully saturated rings. The van der Waals surface area contributed by atoms with Gasteiger partial charge in [-0.05, 0) is 48.7 Å². The molecule has 1 heterocycles. The fraction of sp³-hybridized carbons (Fsp3) is 0.231. The zero-order chi connectivity index (χ0) is 11.5. The summed E-state index contributed by atoms with van der Waals surface area (Å²) in [5.74, 6) is 0. The monoisotopic (exact) mass is 251 g/mol. The molecule has 1 nitrogen and oxygen atoms in total. The van der Waals surface area contributed by atoms with Crippen LogP contribution in [0.1, 0.15) is 22.0 Å². The van der Waals surface area contributed by atoms with Crippen LogP contribution in [0.3, 0.4) is 0 Å². The molecule has 1 aromatic carbocycles. The van der Waals surface area contributed by atoms with Crippen LogP contribution in [-0.4, -0.2) is 7.05 Å². The van der Waals surface area contributed by atoms with Gasteiger partial charge in [-0.15, -0.1) is 11.3 Å². The van der Waals surface area contributed by atoms with E-state index in [0.29, 0.717) is 0 Å². The molecule has 2 aromatic rings. The highest BCUT2D eigenvalue weighted by molar-refractivity contribution is 7.10. The number of hydrogen-bond donors (Lipinski definition) is 1. The van der Waals surface area contributed by atoms with Crippen LogP contribution in [0.2, 0.25) is 5.02 Å². The van der Waals surface area contributed by atoms with Gasteiger partial charge in [0.15, 0.2) is 0 Å². The largest absolute Gasteiger partial charge is 0.309 e. The van der Waals surface area contributed by atoms with E-state index in [0.717, 1.165) is 5.02 Å². The quantitative estimate of drug-likeness (QED) is 0.869. The Morgan fingerprint density at radius 3 is 2.69 bits per heavy atom. The minimum absolute atomic E-state index is 0.227. The van der Waals surface area contributed by atoms with Crippen LogP contribution < -0.4 is 5.32 Å². The first-order valence-corrected chi connectivity index (χ1v) is 6.45. The molecule has 1 atom stereocenters. The molecule has 0 spiro atoms. The minimum atomic E-state index is 0.227. The average molecular weight is 252 g/mol. The van der Waals surface area contributed by atoms with Gasteiger partial charge in [-0.2, -0.15) is 0 Å². The lowest BCUT2D eigenvalue weighted by molar-refractivity contribution is 0.691. The molecule has 0 radical (unpaired) electrons. The Kier molecular flexibility index (Phi) is 3.64. The van der Waals surface area contributed by atoms with Gasteiger partial charge >= 0.3 is 0 Å². The number of rotatable bonds is 3. The van der Waals surface area contributed by atoms with E-state index in [1.807, 2.05) is 25.2 Å². The Morgan fingerprint density at radius 1 is 1.31 bits per heavy atom. The summed E-state index contributed by atoms with van der Waals surface area (Å²) in [6, 6.07) is 10.4. The van der Waals surface area contributed by atoms with Gasteiger partial charge < -0.3 is 5.32 Å². The van der Waals surface area contributed by atoms with Crippen molar-refractivity contribution in [2.24, 2.45) is 0 Å². The molecule has 2 rings (SSSR count). The maximum atomic E-state index is 6.02. The van der Waals surface area contributed by atoms with Gasteiger partial charge in [0.05, 0.1) is 6.04 Å². The van der Waals surface area contributed by atoms with Gasteiger partial charge in [-0.1, -0.05) is 23.7 Å². The molecule has 0 amide bonds. The molecule has 0 aliphatic heterocycles. The van der Waals surface area contributed by atoms with Gasteiger partial charge in [-0.3, -0.25) is 0 Å². The van der Waals surface area contributed by atoms with Gasteiger partial charge in [0.2, 0.25) is 0 Å². The zero-order valence-electron chi connectivity index (χ0n) is 9.33. The van der Waals surface area contributed by atoms with Crippen LogP contribution in [0, 0.1) is 6.92 Å². The second-order valence-electron chi connectivity index (χ2n) is 3.71. The van der Waals surface area contributed by atoms with Crippen LogP contribution in [0.25, 0.3) is 0 Å². The number of aryl methyl sites for hydroxylation is 1. The predicted molar refractivity (Wildman–Crippen MR) is 71.4 cm³/mol. The van der Waals surface area contributed by atoms with Crippen LogP contribution in [0.5, 0.6) is 0 Å². The van der Waals surface area contributed by atoms with Crippen molar-refractivity contribution in [3.63, 3.8) is 0 Å². The van der Waals surface area contributed by atoms with E-state index in [-0.39, 0.29) is 6.04 Å². The zero-order valence-corrected chi connectivity index (χ0v) is 10.9. The highest BCUT2D eigenvalue weighted by Gasteiger charge is 2.14. The highest BCUT2D eigenvalue weighted by Crippen LogP contribution is 2.28. The summed E-state index contributed by atoms with van der Waals surface area (Å²) in [6.45, 7) is 2.15. The fourth-order valence-electron chi connectivity index (χ4n) is 1.88. The SMILES string of the molecule is CNC(c1cccc(Cl)c1)c1ccsc1C. The number of benzene rings is 1. The molecule has 0 saturated heterocycles. The van der Waals surface area contributed by atoms with E-state index >= 15 is 0 Å². The third-order valence-corrected chi connectivity index (χ3v) is 3.78. The van der Waals surface area contributed by atoms with Crippen LogP contribution in [0.4, 0.5) is 0 Å². The third kappa shape index (κ3) is 2.29. The van der Waals surface area contributed by atoms with Gasteiger partial charge in [0.25, 0.3) is 0 Å². The molecule has 0 saturated carbocycles. The number of thiophene rings is 1. The number of nitrogens with one attached hydrogen (secondary N) is 1. The first-order chi connectivity index (χ1) is 7.72. The van der Waals surface area contributed by atoms with E-state index in [1.165, 1.54) is 16.0 Å². The van der Waals surface area contributed by atoms with Crippen molar-refractivity contribution in [3.8, 4) is 0 Å². The molecular weight excluding hydrogens is 238 g/mol. The second kappa shape index (κ2) is 5.00. The standard InChI is InChI=1S/C13H14ClNS/c1-9-12(6-7-16-9)13(15-2)10-4-3-5-11(14)8-10/h3-8,13,15H,1-2H3. The number of hydrogen-bond acceptors (Lipinski definition) is 2. The van der Waals surface area contributed by atoms with Crippen molar-refractivity contribution in [1.29, 1.82) is 0 Å². The summed E-state index contributed by atoms with van der Waals surface area (Å²) in [7, 11) is 1.97. The maximum absolute atomic E-state index is 6.02. The summed E-state index contributed by atoms with van der Waals surface area (Å²) in [4.78, 5) is 1.35. The van der Waals surface area contributed by atoms with Gasteiger partial charge in [0.1, 0.15) is 0 Å². The normalized spacial score (nSPS) is 12.7. The molecule has 16 heavy (non-hydrogen) atoms. The summed E-state index contributed by atoms with van der Waals surface area (Å²) in [5.41, 5.74) is 2.53. The highest BCUT2D eigenvalue weighted by atomic mass is 35.5. The van der Waals surface area contributed by atoms with Crippen molar-refractivity contribution in [2.45, 2.75) is 13.0 Å². The molecule has 1 N–H and O–H groups in total. The Balaban J connectivity index is 2.40. The Bertz CT molecular complexity index is 478. The number of halogens is 1. The second-order valence-corrected chi connectivity index (χ2v) is 5.27. The Hall–Kier alpha value is -0.830. The fourth-order valence-corrected chi connectivity index (χ4v) is 2.82. The first kappa shape index (κ1) is 11.6. The Labute approximate surface area is 105 Å². The lowest BCUT2D eigenvalue weighted by Gasteiger charge is -2.17. The maximum Gasteiger partial charge on any atom is 0.0585 e. The van der Waals surface area contributed by atoms with Crippen molar-refractivity contribution >= 4 is 22.9 Å². The van der Waals surface area contributed by atoms with Crippen LogP contribution in [0.15, 0.2) is 35.7 Å². The van der Waals surface area contributed by atoms with E-state index in [1.54, 1.807) is 11.3 Å². The van der Waals surface area contributed by atoms with Gasteiger partial charge in [-0.25, -0.2) is 0 Å². The van der Waals surface area contributed by atoms with Gasteiger partial charge in [0, 0.05) is 9.90 Å². The lowest BCUT2D eigenvalue weighted by atomic mass is 10.00. The smallest absolute Gasteiger partial charge is 0.0585 e. The summed E-state index contributed by atoms with van der Waals surface area (Å²) in [6.07, 6.45) is 0. The molecule has 1 aromatic heterocycles. The summed E-state index contributed by atoms with van der Waals surface area (Å²) >= 11 is 7.80. The van der Waals surface area contributed by atoms with Crippen LogP contribution >= 0.6 is 22.9 Å². The first-order valence-electron chi connectivity index (χ1n) is 5.19. The molecular formula is C13H14ClNS. The van der Waals surface area contributed by atoms with Crippen molar-refractivity contribution in [1.82, 2.24) is 5.32 Å². The summed E-state index contributed by atoms with van der Waals surface area (Å²) < 4.78 is 0. The Morgan fingerprint density at radius 2 is 2.12 bits per heavy atom. The molecule has 3 heteroatoms. The third-order valence-electron chi connectivity index (χ3n) is 2.68. The van der Waals surface area contributed by atoms with Crippen molar-refractivity contribution in [2.75, 3.05) is 7.05 Å². The van der Waals surface area contributed by atoms with Crippen molar-refractivity contribution < 1.29 is 0 Å². The molecule has 0 aliphatic rings.